The molecule has 0 radical (unpaired) electrons. The van der Waals surface area contributed by atoms with Gasteiger partial charge in [0, 0.05) is 43.6 Å². The summed E-state index contributed by atoms with van der Waals surface area (Å²) in [5.41, 5.74) is 2.73. The van der Waals surface area contributed by atoms with E-state index in [-0.39, 0.29) is 17.4 Å². The molecule has 2 heterocycles. The van der Waals surface area contributed by atoms with Gasteiger partial charge in [-0.05, 0) is 23.8 Å². The fourth-order valence-corrected chi connectivity index (χ4v) is 3.15. The lowest BCUT2D eigenvalue weighted by Gasteiger charge is -2.09. The number of nitrogens with one attached hydrogen (secondary N) is 2. The van der Waals surface area contributed by atoms with Crippen molar-refractivity contribution in [3.05, 3.63) is 58.0 Å². The molecule has 1 aliphatic rings. The Morgan fingerprint density at radius 3 is 2.96 bits per heavy atom. The van der Waals surface area contributed by atoms with Gasteiger partial charge in [0.15, 0.2) is 0 Å². The number of rotatable bonds is 6. The molecule has 7 nitrogen and oxygen atoms in total. The van der Waals surface area contributed by atoms with Crippen molar-refractivity contribution >= 4 is 34.9 Å². The van der Waals surface area contributed by atoms with Crippen LogP contribution in [0.15, 0.2) is 40.6 Å². The Morgan fingerprint density at radius 1 is 1.43 bits per heavy atom. The zero-order valence-corrected chi connectivity index (χ0v) is 15.9. The van der Waals surface area contributed by atoms with Crippen LogP contribution in [0.5, 0.6) is 0 Å². The van der Waals surface area contributed by atoms with Crippen LogP contribution in [0.3, 0.4) is 0 Å². The van der Waals surface area contributed by atoms with Gasteiger partial charge < -0.3 is 15.8 Å². The van der Waals surface area contributed by atoms with E-state index < -0.39 is 5.82 Å². The Hall–Kier alpha value is -3.00. The van der Waals surface area contributed by atoms with Crippen molar-refractivity contribution in [3.8, 4) is 0 Å². The molecule has 146 valence electrons. The molecule has 1 aromatic carbocycles. The first kappa shape index (κ1) is 19.8. The number of carbonyl (C=O) groups excluding carboxylic acids is 1. The number of nitrogens with zero attached hydrogens (tertiary/aromatic N) is 3. The topological polar surface area (TPSA) is 99.0 Å². The Kier molecular flexibility index (Phi) is 6.20. The number of halogens is 2. The number of anilines is 1. The van der Waals surface area contributed by atoms with E-state index in [9.17, 15) is 14.4 Å². The van der Waals surface area contributed by atoms with E-state index in [0.717, 1.165) is 22.5 Å². The van der Waals surface area contributed by atoms with Crippen LogP contribution in [-0.4, -0.2) is 40.7 Å². The van der Waals surface area contributed by atoms with Gasteiger partial charge >= 0.3 is 0 Å². The highest BCUT2D eigenvalue weighted by Gasteiger charge is 2.23. The second-order valence-corrected chi connectivity index (χ2v) is 6.68. The highest BCUT2D eigenvalue weighted by Crippen LogP contribution is 2.26. The number of carbonyl (C=O) groups is 1. The summed E-state index contributed by atoms with van der Waals surface area (Å²) in [5, 5.41) is 18.8. The zero-order valence-electron chi connectivity index (χ0n) is 15.2. The number of pyridine rings is 1. The Morgan fingerprint density at radius 2 is 2.25 bits per heavy atom. The van der Waals surface area contributed by atoms with Gasteiger partial charge in [-0.2, -0.15) is 0 Å². The predicted molar refractivity (Wildman–Crippen MR) is 106 cm³/mol. The number of aliphatic imine (C=N–C) groups is 1. The minimum Gasteiger partial charge on any atom is -0.411 e. The highest BCUT2D eigenvalue weighted by molar-refractivity contribution is 6.30. The van der Waals surface area contributed by atoms with E-state index in [2.05, 4.69) is 25.8 Å². The number of oxime groups is 1. The SMILES string of the molecule is CC(=O)NCCN=C1Cc2c(/C(Cc3ccc(F)c(Cl)c3)=N/O)ccnc2N1. The third-order valence-corrected chi connectivity index (χ3v) is 4.53. The molecule has 1 aromatic heterocycles. The van der Waals surface area contributed by atoms with E-state index in [1.807, 2.05) is 0 Å². The average Bonchev–Trinajstić information content (AvgIpc) is 3.09. The van der Waals surface area contributed by atoms with Gasteiger partial charge in [0.2, 0.25) is 5.91 Å². The molecule has 1 aliphatic heterocycles. The molecular formula is C19H19ClFN5O2. The van der Waals surface area contributed by atoms with Crippen LogP contribution < -0.4 is 10.6 Å². The molecule has 3 N–H and O–H groups in total. The maximum absolute atomic E-state index is 13.4. The van der Waals surface area contributed by atoms with Crippen LogP contribution in [0.25, 0.3) is 0 Å². The van der Waals surface area contributed by atoms with E-state index in [4.69, 9.17) is 11.6 Å². The molecule has 0 saturated carbocycles. The van der Waals surface area contributed by atoms with Gasteiger partial charge in [-0.15, -0.1) is 0 Å². The van der Waals surface area contributed by atoms with Crippen LogP contribution in [0.1, 0.15) is 23.6 Å². The van der Waals surface area contributed by atoms with Gasteiger partial charge in [-0.1, -0.05) is 22.8 Å². The minimum absolute atomic E-state index is 0.0185. The maximum Gasteiger partial charge on any atom is 0.216 e. The first-order valence-electron chi connectivity index (χ1n) is 8.66. The fourth-order valence-electron chi connectivity index (χ4n) is 2.94. The van der Waals surface area contributed by atoms with Crippen molar-refractivity contribution in [1.29, 1.82) is 0 Å². The van der Waals surface area contributed by atoms with Crippen LogP contribution in [0.2, 0.25) is 5.02 Å². The van der Waals surface area contributed by atoms with Gasteiger partial charge in [0.05, 0.1) is 17.3 Å². The van der Waals surface area contributed by atoms with Gasteiger partial charge in [-0.25, -0.2) is 9.37 Å². The summed E-state index contributed by atoms with van der Waals surface area (Å²) in [6, 6.07) is 6.16. The second-order valence-electron chi connectivity index (χ2n) is 6.27. The maximum atomic E-state index is 13.4. The van der Waals surface area contributed by atoms with Gasteiger partial charge in [-0.3, -0.25) is 9.79 Å². The average molecular weight is 404 g/mol. The molecule has 0 aliphatic carbocycles. The third kappa shape index (κ3) is 4.64. The summed E-state index contributed by atoms with van der Waals surface area (Å²) in [6.07, 6.45) is 2.40. The quantitative estimate of drug-likeness (QED) is 0.299. The fraction of sp³-hybridized carbons (Fsp3) is 0.263. The van der Waals surface area contributed by atoms with Gasteiger partial charge in [0.25, 0.3) is 0 Å². The largest absolute Gasteiger partial charge is 0.411 e. The lowest BCUT2D eigenvalue weighted by Crippen LogP contribution is -2.23. The molecule has 28 heavy (non-hydrogen) atoms. The Balaban J connectivity index is 1.77. The molecule has 9 heteroatoms. The summed E-state index contributed by atoms with van der Waals surface area (Å²) in [5.74, 6) is 0.773. The van der Waals surface area contributed by atoms with E-state index in [1.54, 1.807) is 18.3 Å². The summed E-state index contributed by atoms with van der Waals surface area (Å²) < 4.78 is 13.4. The predicted octanol–water partition coefficient (Wildman–Crippen LogP) is 2.80. The molecular weight excluding hydrogens is 385 g/mol. The lowest BCUT2D eigenvalue weighted by molar-refractivity contribution is -0.118. The number of aromatic nitrogens is 1. The Bertz CT molecular complexity index is 961. The van der Waals surface area contributed by atoms with Crippen LogP contribution >= 0.6 is 11.6 Å². The molecule has 0 fully saturated rings. The highest BCUT2D eigenvalue weighted by atomic mass is 35.5. The molecule has 3 rings (SSSR count). The normalized spacial score (nSPS) is 14.7. The number of amides is 1. The first-order chi connectivity index (χ1) is 13.5. The Labute approximate surface area is 166 Å². The molecule has 2 aromatic rings. The van der Waals surface area contributed by atoms with E-state index >= 15 is 0 Å². The third-order valence-electron chi connectivity index (χ3n) is 4.24. The summed E-state index contributed by atoms with van der Waals surface area (Å²) >= 11 is 5.84. The van der Waals surface area contributed by atoms with Gasteiger partial charge in [0.1, 0.15) is 17.5 Å². The standard InChI is InChI=1S/C19H19ClFN5O2/c1-11(27)22-6-7-23-18-10-14-13(4-5-24-19(14)25-18)17(26-28)9-12-2-3-16(21)15(20)8-12/h2-5,8,28H,6-7,9-10H2,1H3,(H,22,27)(H,23,24,25)/b26-17+. The van der Waals surface area contributed by atoms with Crippen molar-refractivity contribution in [2.24, 2.45) is 10.1 Å². The van der Waals surface area contributed by atoms with Crippen LogP contribution in [0.4, 0.5) is 10.2 Å². The van der Waals surface area contributed by atoms with Crippen molar-refractivity contribution in [1.82, 2.24) is 10.3 Å². The number of benzene rings is 1. The number of hydrogen-bond acceptors (Lipinski definition) is 5. The smallest absolute Gasteiger partial charge is 0.216 e. The lowest BCUT2D eigenvalue weighted by atomic mass is 9.98. The van der Waals surface area contributed by atoms with Crippen LogP contribution in [0, 0.1) is 5.82 Å². The summed E-state index contributed by atoms with van der Waals surface area (Å²) in [7, 11) is 0. The van der Waals surface area contributed by atoms with Crippen molar-refractivity contribution in [2.45, 2.75) is 19.8 Å². The number of fused-ring (bicyclic) bond motifs is 1. The van der Waals surface area contributed by atoms with E-state index in [1.165, 1.54) is 19.1 Å². The first-order valence-corrected chi connectivity index (χ1v) is 9.03. The zero-order chi connectivity index (χ0) is 20.1. The number of amidine groups is 1. The number of hydrogen-bond donors (Lipinski definition) is 3. The summed E-state index contributed by atoms with van der Waals surface area (Å²) in [4.78, 5) is 19.6. The molecule has 0 atom stereocenters. The van der Waals surface area contributed by atoms with Crippen molar-refractivity contribution in [2.75, 3.05) is 18.4 Å². The second kappa shape index (κ2) is 8.79. The molecule has 0 unspecified atom stereocenters. The van der Waals surface area contributed by atoms with E-state index in [0.29, 0.717) is 31.0 Å². The van der Waals surface area contributed by atoms with Crippen molar-refractivity contribution < 1.29 is 14.4 Å². The molecule has 0 spiro atoms. The monoisotopic (exact) mass is 403 g/mol. The summed E-state index contributed by atoms with van der Waals surface area (Å²) in [6.45, 7) is 2.35. The molecule has 1 amide bonds. The minimum atomic E-state index is -0.498. The molecule has 0 bridgehead atoms. The van der Waals surface area contributed by atoms with Crippen LogP contribution in [-0.2, 0) is 17.6 Å². The molecule has 0 saturated heterocycles. The van der Waals surface area contributed by atoms with Crippen molar-refractivity contribution in [3.63, 3.8) is 0 Å².